The zero-order valence-electron chi connectivity index (χ0n) is 17.8. The number of hydrogen-bond acceptors (Lipinski definition) is 4. The van der Waals surface area contributed by atoms with Gasteiger partial charge in [0.1, 0.15) is 23.7 Å². The van der Waals surface area contributed by atoms with Gasteiger partial charge in [-0.15, -0.1) is 5.10 Å². The summed E-state index contributed by atoms with van der Waals surface area (Å²) in [6.45, 7) is 1.39. The summed E-state index contributed by atoms with van der Waals surface area (Å²) < 4.78 is 31.4. The van der Waals surface area contributed by atoms with E-state index in [1.807, 2.05) is 29.0 Å². The third-order valence-corrected chi connectivity index (χ3v) is 5.20. The van der Waals surface area contributed by atoms with E-state index in [1.165, 1.54) is 19.1 Å². The number of aryl methyl sites for hydroxylation is 1. The highest BCUT2D eigenvalue weighted by Crippen LogP contribution is 2.31. The molecule has 5 rings (SSSR count). The molecule has 0 aliphatic heterocycles. The molecule has 3 aromatic carbocycles. The van der Waals surface area contributed by atoms with Crippen LogP contribution in [-0.2, 0) is 11.8 Å². The number of aromatic nitrogens is 5. The maximum absolute atomic E-state index is 14.5. The van der Waals surface area contributed by atoms with Gasteiger partial charge in [0.05, 0.1) is 17.2 Å². The molecule has 9 heteroatoms. The Morgan fingerprint density at radius 3 is 2.58 bits per heavy atom. The molecule has 0 saturated heterocycles. The largest absolute Gasteiger partial charge is 0.326 e. The van der Waals surface area contributed by atoms with Crippen LogP contribution >= 0.6 is 0 Å². The van der Waals surface area contributed by atoms with E-state index in [9.17, 15) is 13.6 Å². The molecule has 33 heavy (non-hydrogen) atoms. The number of fused-ring (bicyclic) bond motifs is 1. The molecule has 0 bridgehead atoms. The molecule has 2 aromatic heterocycles. The average Bonchev–Trinajstić information content (AvgIpc) is 3.38. The zero-order valence-corrected chi connectivity index (χ0v) is 17.8. The van der Waals surface area contributed by atoms with Crippen molar-refractivity contribution in [2.45, 2.75) is 6.92 Å². The minimum Gasteiger partial charge on any atom is -0.326 e. The molecule has 164 valence electrons. The number of amides is 1. The monoisotopic (exact) mass is 444 g/mol. The first-order valence-electron chi connectivity index (χ1n) is 10.1. The van der Waals surface area contributed by atoms with Crippen LogP contribution in [0.3, 0.4) is 0 Å². The number of imidazole rings is 1. The highest BCUT2D eigenvalue weighted by Gasteiger charge is 2.13. The summed E-state index contributed by atoms with van der Waals surface area (Å²) in [5.74, 6) is -1.61. The van der Waals surface area contributed by atoms with Crippen molar-refractivity contribution in [3.8, 4) is 28.1 Å². The fourth-order valence-electron chi connectivity index (χ4n) is 3.76. The Morgan fingerprint density at radius 1 is 1.00 bits per heavy atom. The van der Waals surface area contributed by atoms with Gasteiger partial charge in [0, 0.05) is 42.5 Å². The van der Waals surface area contributed by atoms with Gasteiger partial charge in [-0.25, -0.2) is 13.8 Å². The van der Waals surface area contributed by atoms with Gasteiger partial charge < -0.3 is 5.32 Å². The third-order valence-electron chi connectivity index (χ3n) is 5.20. The van der Waals surface area contributed by atoms with Gasteiger partial charge in [-0.05, 0) is 48.0 Å². The number of carbonyl (C=O) groups is 1. The van der Waals surface area contributed by atoms with Crippen LogP contribution < -0.4 is 5.32 Å². The fraction of sp³-hybridized carbons (Fsp3) is 0.0833. The van der Waals surface area contributed by atoms with Crippen molar-refractivity contribution >= 4 is 22.6 Å². The van der Waals surface area contributed by atoms with Crippen LogP contribution in [0.25, 0.3) is 39.1 Å². The third kappa shape index (κ3) is 3.96. The number of nitrogens with one attached hydrogen (secondary N) is 1. The summed E-state index contributed by atoms with van der Waals surface area (Å²) in [5.41, 5.74) is 5.01. The van der Waals surface area contributed by atoms with Crippen LogP contribution in [0.2, 0.25) is 0 Å². The topological polar surface area (TPSA) is 77.6 Å². The Morgan fingerprint density at radius 2 is 1.85 bits per heavy atom. The number of nitrogens with zero attached hydrogens (tertiary/aromatic N) is 5. The van der Waals surface area contributed by atoms with Gasteiger partial charge in [0.15, 0.2) is 0 Å². The SMILES string of the molecule is CC(=O)Nc1cc(-c2ccc(F)cc2F)cc(-n2cnc3cc(-c4cn(C)nn4)ccc32)c1. The summed E-state index contributed by atoms with van der Waals surface area (Å²) in [7, 11) is 1.80. The lowest BCUT2D eigenvalue weighted by atomic mass is 10.0. The van der Waals surface area contributed by atoms with E-state index in [1.54, 1.807) is 36.3 Å². The first kappa shape index (κ1) is 20.5. The van der Waals surface area contributed by atoms with E-state index >= 15 is 0 Å². The van der Waals surface area contributed by atoms with Crippen molar-refractivity contribution in [1.29, 1.82) is 0 Å². The number of hydrogen-bond donors (Lipinski definition) is 1. The highest BCUT2D eigenvalue weighted by atomic mass is 19.1. The minimum absolute atomic E-state index is 0.221. The van der Waals surface area contributed by atoms with Gasteiger partial charge >= 0.3 is 0 Å². The smallest absolute Gasteiger partial charge is 0.221 e. The standard InChI is InChI=1S/C24H18F2N6O/c1-14(33)28-18-7-16(20-5-4-17(25)10-21(20)26)8-19(11-18)32-13-27-22-9-15(3-6-24(22)32)23-12-31(2)30-29-23/h3-13H,1-2H3,(H,28,33). The molecule has 0 atom stereocenters. The van der Waals surface area contributed by atoms with E-state index in [4.69, 9.17) is 0 Å². The van der Waals surface area contributed by atoms with Crippen molar-refractivity contribution in [2.75, 3.05) is 5.32 Å². The Hall–Kier alpha value is -4.40. The van der Waals surface area contributed by atoms with Gasteiger partial charge in [0.25, 0.3) is 0 Å². The molecular formula is C24H18F2N6O. The molecule has 1 N–H and O–H groups in total. The number of halogens is 2. The molecule has 5 aromatic rings. The second-order valence-corrected chi connectivity index (χ2v) is 7.67. The van der Waals surface area contributed by atoms with Crippen LogP contribution in [0.5, 0.6) is 0 Å². The summed E-state index contributed by atoms with van der Waals surface area (Å²) in [5, 5.41) is 10.8. The molecule has 2 heterocycles. The van der Waals surface area contributed by atoms with Crippen LogP contribution in [0.4, 0.5) is 14.5 Å². The lowest BCUT2D eigenvalue weighted by Crippen LogP contribution is -2.07. The van der Waals surface area contributed by atoms with Crippen LogP contribution in [0.15, 0.2) is 67.1 Å². The predicted octanol–water partition coefficient (Wildman–Crippen LogP) is 4.72. The molecule has 7 nitrogen and oxygen atoms in total. The molecule has 0 fully saturated rings. The Balaban J connectivity index is 1.64. The van der Waals surface area contributed by atoms with Crippen LogP contribution in [0.1, 0.15) is 6.92 Å². The summed E-state index contributed by atoms with van der Waals surface area (Å²) in [6.07, 6.45) is 3.47. The van der Waals surface area contributed by atoms with Crippen LogP contribution in [0, 0.1) is 11.6 Å². The van der Waals surface area contributed by atoms with E-state index in [0.29, 0.717) is 16.9 Å². The van der Waals surface area contributed by atoms with E-state index < -0.39 is 11.6 Å². The van der Waals surface area contributed by atoms with Gasteiger partial charge in [-0.2, -0.15) is 0 Å². The second kappa shape index (κ2) is 7.94. The maximum Gasteiger partial charge on any atom is 0.221 e. The van der Waals surface area contributed by atoms with Crippen molar-refractivity contribution in [2.24, 2.45) is 7.05 Å². The summed E-state index contributed by atoms with van der Waals surface area (Å²) >= 11 is 0. The molecule has 0 aliphatic carbocycles. The summed E-state index contributed by atoms with van der Waals surface area (Å²) in [4.78, 5) is 16.2. The average molecular weight is 444 g/mol. The van der Waals surface area contributed by atoms with Crippen molar-refractivity contribution in [3.05, 3.63) is 78.8 Å². The number of anilines is 1. The minimum atomic E-state index is -0.690. The summed E-state index contributed by atoms with van der Waals surface area (Å²) in [6, 6.07) is 14.3. The van der Waals surface area contributed by atoms with E-state index in [2.05, 4.69) is 20.6 Å². The Kier molecular flexibility index (Phi) is 4.93. The fourth-order valence-corrected chi connectivity index (χ4v) is 3.76. The molecular weight excluding hydrogens is 426 g/mol. The second-order valence-electron chi connectivity index (χ2n) is 7.67. The van der Waals surface area contributed by atoms with Crippen molar-refractivity contribution in [1.82, 2.24) is 24.5 Å². The zero-order chi connectivity index (χ0) is 23.1. The number of rotatable bonds is 4. The number of carbonyl (C=O) groups excluding carboxylic acids is 1. The van der Waals surface area contributed by atoms with Gasteiger partial charge in [-0.3, -0.25) is 14.0 Å². The molecule has 0 saturated carbocycles. The van der Waals surface area contributed by atoms with Gasteiger partial charge in [-0.1, -0.05) is 11.3 Å². The molecule has 1 amide bonds. The van der Waals surface area contributed by atoms with Crippen LogP contribution in [-0.4, -0.2) is 30.5 Å². The Bertz CT molecular complexity index is 1520. The highest BCUT2D eigenvalue weighted by molar-refractivity contribution is 5.91. The maximum atomic E-state index is 14.5. The van der Waals surface area contributed by atoms with Crippen molar-refractivity contribution in [3.63, 3.8) is 0 Å². The molecule has 0 unspecified atom stereocenters. The molecule has 0 aliphatic rings. The Labute approximate surface area is 187 Å². The van der Waals surface area contributed by atoms with E-state index in [-0.39, 0.29) is 11.5 Å². The lowest BCUT2D eigenvalue weighted by molar-refractivity contribution is -0.114. The quantitative estimate of drug-likeness (QED) is 0.435. The molecule has 0 spiro atoms. The normalized spacial score (nSPS) is 11.2. The van der Waals surface area contributed by atoms with Gasteiger partial charge in [0.2, 0.25) is 5.91 Å². The first-order valence-corrected chi connectivity index (χ1v) is 10.1. The van der Waals surface area contributed by atoms with Crippen molar-refractivity contribution < 1.29 is 13.6 Å². The lowest BCUT2D eigenvalue weighted by Gasteiger charge is -2.13. The van der Waals surface area contributed by atoms with E-state index in [0.717, 1.165) is 28.4 Å². The molecule has 0 radical (unpaired) electrons. The predicted molar refractivity (Wildman–Crippen MR) is 121 cm³/mol. The first-order chi connectivity index (χ1) is 15.9. The number of benzene rings is 3.